The first-order chi connectivity index (χ1) is 7.37. The molecule has 0 radical (unpaired) electrons. The molecule has 1 unspecified atom stereocenters. The van der Waals surface area contributed by atoms with E-state index in [9.17, 15) is 13.2 Å². The minimum atomic E-state index is -4.49. The molecule has 1 aliphatic heterocycles. The van der Waals surface area contributed by atoms with E-state index in [0.29, 0.717) is 0 Å². The van der Waals surface area contributed by atoms with Crippen molar-refractivity contribution in [2.45, 2.75) is 18.2 Å². The molecule has 1 fully saturated rings. The van der Waals surface area contributed by atoms with Gasteiger partial charge < -0.3 is 4.74 Å². The maximum absolute atomic E-state index is 12.9. The second-order valence-corrected chi connectivity index (χ2v) is 4.39. The third-order valence-corrected chi connectivity index (χ3v) is 3.19. The summed E-state index contributed by atoms with van der Waals surface area (Å²) in [6, 6.07) is 3.99. The first-order valence-electron chi connectivity index (χ1n) is 4.53. The second kappa shape index (κ2) is 3.79. The molecule has 1 aromatic rings. The molecule has 1 aromatic carbocycles. The number of ether oxygens (including phenoxy) is 1. The van der Waals surface area contributed by atoms with Crippen LogP contribution in [0.15, 0.2) is 18.2 Å². The van der Waals surface area contributed by atoms with Gasteiger partial charge in [0.2, 0.25) is 0 Å². The highest BCUT2D eigenvalue weighted by Gasteiger charge is 2.62. The summed E-state index contributed by atoms with van der Waals surface area (Å²) in [5.41, 5.74) is -2.39. The Morgan fingerprint density at radius 3 is 2.31 bits per heavy atom. The van der Waals surface area contributed by atoms with E-state index in [1.807, 2.05) is 0 Å². The molecule has 88 valence electrons. The molecule has 0 spiro atoms. The van der Waals surface area contributed by atoms with Gasteiger partial charge in [0.25, 0.3) is 0 Å². The minimum absolute atomic E-state index is 0.0152. The van der Waals surface area contributed by atoms with Crippen molar-refractivity contribution in [1.82, 2.24) is 0 Å². The number of benzene rings is 1. The summed E-state index contributed by atoms with van der Waals surface area (Å²) in [6.07, 6.45) is -4.61. The molecule has 1 atom stereocenters. The van der Waals surface area contributed by atoms with Gasteiger partial charge in [0.05, 0.1) is 6.61 Å². The van der Waals surface area contributed by atoms with E-state index in [-0.39, 0.29) is 28.6 Å². The predicted molar refractivity (Wildman–Crippen MR) is 54.8 cm³/mol. The van der Waals surface area contributed by atoms with Gasteiger partial charge in [0.1, 0.15) is 0 Å². The standard InChI is InChI=1S/C10H7Cl2F3O/c11-6-1-2-8(12)7(5-6)9(3-4-16-9)10(13,14)15/h1-2,5H,3-4H2. The van der Waals surface area contributed by atoms with Crippen LogP contribution >= 0.6 is 23.2 Å². The van der Waals surface area contributed by atoms with Gasteiger partial charge in [0.15, 0.2) is 5.60 Å². The van der Waals surface area contributed by atoms with Crippen LogP contribution in [-0.2, 0) is 10.3 Å². The fourth-order valence-corrected chi connectivity index (χ4v) is 2.14. The van der Waals surface area contributed by atoms with Crippen molar-refractivity contribution < 1.29 is 17.9 Å². The van der Waals surface area contributed by atoms with Crippen LogP contribution in [0.2, 0.25) is 10.0 Å². The van der Waals surface area contributed by atoms with Crippen LogP contribution in [0.5, 0.6) is 0 Å². The summed E-state index contributed by atoms with van der Waals surface area (Å²) < 4.78 is 43.5. The predicted octanol–water partition coefficient (Wildman–Crippen LogP) is 4.17. The Balaban J connectivity index is 2.53. The number of alkyl halides is 3. The molecule has 2 rings (SSSR count). The third-order valence-electron chi connectivity index (χ3n) is 2.62. The lowest BCUT2D eigenvalue weighted by Gasteiger charge is -2.43. The summed E-state index contributed by atoms with van der Waals surface area (Å²) >= 11 is 11.4. The van der Waals surface area contributed by atoms with Crippen molar-refractivity contribution in [1.29, 1.82) is 0 Å². The Bertz CT molecular complexity index is 413. The molecule has 0 amide bonds. The van der Waals surface area contributed by atoms with Gasteiger partial charge >= 0.3 is 6.18 Å². The minimum Gasteiger partial charge on any atom is -0.361 e. The fourth-order valence-electron chi connectivity index (χ4n) is 1.70. The summed E-state index contributed by atoms with van der Waals surface area (Å²) in [5.74, 6) is 0. The van der Waals surface area contributed by atoms with Crippen molar-refractivity contribution in [3.63, 3.8) is 0 Å². The van der Waals surface area contributed by atoms with Gasteiger partial charge in [-0.2, -0.15) is 13.2 Å². The van der Waals surface area contributed by atoms with E-state index in [0.717, 1.165) is 0 Å². The van der Waals surface area contributed by atoms with E-state index in [1.165, 1.54) is 18.2 Å². The second-order valence-electron chi connectivity index (χ2n) is 3.55. The van der Waals surface area contributed by atoms with Crippen molar-refractivity contribution in [2.75, 3.05) is 6.61 Å². The van der Waals surface area contributed by atoms with Crippen molar-refractivity contribution in [3.05, 3.63) is 33.8 Å². The first kappa shape index (κ1) is 12.0. The smallest absolute Gasteiger partial charge is 0.361 e. The van der Waals surface area contributed by atoms with E-state index in [1.54, 1.807) is 0 Å². The summed E-state index contributed by atoms with van der Waals surface area (Å²) in [5, 5.41) is 0.222. The lowest BCUT2D eigenvalue weighted by atomic mass is 9.85. The van der Waals surface area contributed by atoms with E-state index < -0.39 is 11.8 Å². The van der Waals surface area contributed by atoms with Crippen LogP contribution in [0.4, 0.5) is 13.2 Å². The van der Waals surface area contributed by atoms with Crippen molar-refractivity contribution in [3.8, 4) is 0 Å². The zero-order valence-electron chi connectivity index (χ0n) is 7.94. The summed E-state index contributed by atoms with van der Waals surface area (Å²) in [4.78, 5) is 0. The summed E-state index contributed by atoms with van der Waals surface area (Å²) in [7, 11) is 0. The van der Waals surface area contributed by atoms with Gasteiger partial charge in [-0.15, -0.1) is 0 Å². The molecule has 1 nitrogen and oxygen atoms in total. The Morgan fingerprint density at radius 2 is 1.88 bits per heavy atom. The Kier molecular flexibility index (Phi) is 2.85. The Morgan fingerprint density at radius 1 is 1.25 bits per heavy atom. The zero-order valence-corrected chi connectivity index (χ0v) is 9.46. The molecule has 16 heavy (non-hydrogen) atoms. The van der Waals surface area contributed by atoms with Crippen molar-refractivity contribution in [2.24, 2.45) is 0 Å². The highest BCUT2D eigenvalue weighted by atomic mass is 35.5. The third kappa shape index (κ3) is 1.69. The van der Waals surface area contributed by atoms with E-state index in [2.05, 4.69) is 0 Å². The quantitative estimate of drug-likeness (QED) is 0.744. The van der Waals surface area contributed by atoms with E-state index >= 15 is 0 Å². The molecule has 1 saturated heterocycles. The van der Waals surface area contributed by atoms with Crippen LogP contribution in [0, 0.1) is 0 Å². The maximum atomic E-state index is 12.9. The normalized spacial score (nSPS) is 25.3. The van der Waals surface area contributed by atoms with Crippen LogP contribution in [0.1, 0.15) is 12.0 Å². The largest absolute Gasteiger partial charge is 0.421 e. The van der Waals surface area contributed by atoms with Crippen LogP contribution in [0.25, 0.3) is 0 Å². The Hall–Kier alpha value is -0.450. The lowest BCUT2D eigenvalue weighted by molar-refractivity contribution is -0.333. The average Bonchev–Trinajstić information content (AvgIpc) is 2.06. The number of rotatable bonds is 1. The van der Waals surface area contributed by atoms with Crippen LogP contribution in [-0.4, -0.2) is 12.8 Å². The monoisotopic (exact) mass is 270 g/mol. The van der Waals surface area contributed by atoms with Gasteiger partial charge in [-0.3, -0.25) is 0 Å². The first-order valence-corrected chi connectivity index (χ1v) is 5.29. The fraction of sp³-hybridized carbons (Fsp3) is 0.400. The molecular weight excluding hydrogens is 264 g/mol. The molecule has 1 heterocycles. The van der Waals surface area contributed by atoms with E-state index in [4.69, 9.17) is 27.9 Å². The molecule has 0 bridgehead atoms. The molecular formula is C10H7Cl2F3O. The average molecular weight is 271 g/mol. The van der Waals surface area contributed by atoms with Gasteiger partial charge in [-0.1, -0.05) is 23.2 Å². The maximum Gasteiger partial charge on any atom is 0.421 e. The topological polar surface area (TPSA) is 9.23 Å². The lowest BCUT2D eigenvalue weighted by Crippen LogP contribution is -2.52. The molecule has 1 aliphatic rings. The Labute approximate surface area is 100 Å². The highest BCUT2D eigenvalue weighted by molar-refractivity contribution is 6.33. The van der Waals surface area contributed by atoms with Gasteiger partial charge in [-0.25, -0.2) is 0 Å². The molecule has 0 saturated carbocycles. The van der Waals surface area contributed by atoms with Crippen LogP contribution in [0.3, 0.4) is 0 Å². The molecule has 0 aromatic heterocycles. The number of hydrogen-bond donors (Lipinski definition) is 0. The number of hydrogen-bond acceptors (Lipinski definition) is 1. The zero-order chi connectivity index (χ0) is 12.0. The molecule has 6 heteroatoms. The number of halogens is 5. The molecule has 0 N–H and O–H groups in total. The highest BCUT2D eigenvalue weighted by Crippen LogP contribution is 2.52. The summed E-state index contributed by atoms with van der Waals surface area (Å²) in [6.45, 7) is 0.0718. The SMILES string of the molecule is FC(F)(F)C1(c2cc(Cl)ccc2Cl)CCO1. The van der Waals surface area contributed by atoms with Crippen LogP contribution < -0.4 is 0 Å². The van der Waals surface area contributed by atoms with Gasteiger partial charge in [-0.05, 0) is 18.2 Å². The van der Waals surface area contributed by atoms with Gasteiger partial charge in [0, 0.05) is 22.0 Å². The van der Waals surface area contributed by atoms with Crippen molar-refractivity contribution >= 4 is 23.2 Å². The molecule has 0 aliphatic carbocycles.